The van der Waals surface area contributed by atoms with E-state index < -0.39 is 5.82 Å². The van der Waals surface area contributed by atoms with Gasteiger partial charge in [0.25, 0.3) is 5.56 Å². The number of halogens is 2. The van der Waals surface area contributed by atoms with E-state index in [-0.39, 0.29) is 28.7 Å². The average molecular weight is 487 g/mol. The van der Waals surface area contributed by atoms with E-state index in [0.29, 0.717) is 33.6 Å². The van der Waals surface area contributed by atoms with Crippen molar-refractivity contribution in [2.75, 3.05) is 11.1 Å². The zero-order valence-electron chi connectivity index (χ0n) is 18.1. The highest BCUT2D eigenvalue weighted by Crippen LogP contribution is 2.21. The molecule has 11 heteroatoms. The number of benzene rings is 1. The number of hydrogen-bond acceptors (Lipinski definition) is 6. The summed E-state index contributed by atoms with van der Waals surface area (Å²) in [5.41, 5.74) is 2.99. The highest BCUT2D eigenvalue weighted by Gasteiger charge is 2.17. The lowest BCUT2D eigenvalue weighted by Crippen LogP contribution is -2.23. The van der Waals surface area contributed by atoms with Crippen molar-refractivity contribution in [3.8, 4) is 0 Å². The molecule has 0 fully saturated rings. The lowest BCUT2D eigenvalue weighted by atomic mass is 10.1. The molecule has 4 rings (SSSR count). The first-order valence-electron chi connectivity index (χ1n) is 9.98. The maximum absolute atomic E-state index is 13.3. The second-order valence-electron chi connectivity index (χ2n) is 7.47. The van der Waals surface area contributed by atoms with Gasteiger partial charge in [-0.2, -0.15) is 0 Å². The third-order valence-electron chi connectivity index (χ3n) is 5.15. The maximum Gasteiger partial charge on any atom is 0.261 e. The highest BCUT2D eigenvalue weighted by atomic mass is 35.5. The van der Waals surface area contributed by atoms with E-state index in [0.717, 1.165) is 5.56 Å². The normalized spacial score (nSPS) is 11.2. The maximum atomic E-state index is 13.3. The van der Waals surface area contributed by atoms with Crippen molar-refractivity contribution < 1.29 is 9.18 Å². The van der Waals surface area contributed by atoms with Crippen LogP contribution in [0.5, 0.6) is 0 Å². The Morgan fingerprint density at radius 1 is 1.24 bits per heavy atom. The van der Waals surface area contributed by atoms with E-state index in [9.17, 15) is 14.0 Å². The number of carbonyl (C=O) groups is 1. The second kappa shape index (κ2) is 9.32. The summed E-state index contributed by atoms with van der Waals surface area (Å²) in [7, 11) is 1.78. The fourth-order valence-electron chi connectivity index (χ4n) is 3.33. The Labute approximate surface area is 197 Å². The summed E-state index contributed by atoms with van der Waals surface area (Å²) in [6, 6.07) is 7.69. The van der Waals surface area contributed by atoms with Crippen molar-refractivity contribution >= 4 is 40.6 Å². The number of hydrogen-bond donors (Lipinski definition) is 1. The first-order chi connectivity index (χ1) is 15.7. The van der Waals surface area contributed by atoms with Crippen LogP contribution in [0, 0.1) is 19.7 Å². The molecule has 0 atom stereocenters. The molecule has 0 spiro atoms. The molecule has 0 saturated carbocycles. The topological polar surface area (TPSA) is 94.2 Å². The Bertz CT molecular complexity index is 1430. The summed E-state index contributed by atoms with van der Waals surface area (Å²) >= 11 is 6.94. The number of carbonyl (C=O) groups excluding carboxylic acids is 1. The van der Waals surface area contributed by atoms with Gasteiger partial charge >= 0.3 is 0 Å². The molecule has 4 aromatic rings. The zero-order valence-corrected chi connectivity index (χ0v) is 19.7. The molecule has 1 amide bonds. The number of nitrogens with one attached hydrogen (secondary N) is 1. The fourth-order valence-corrected chi connectivity index (χ4v) is 4.24. The molecule has 0 aliphatic carbocycles. The lowest BCUT2D eigenvalue weighted by molar-refractivity contribution is -0.113. The largest absolute Gasteiger partial charge is 0.325 e. The number of aromatic nitrogens is 5. The van der Waals surface area contributed by atoms with Gasteiger partial charge < -0.3 is 9.88 Å². The van der Waals surface area contributed by atoms with Crippen LogP contribution in [0.3, 0.4) is 0 Å². The smallest absolute Gasteiger partial charge is 0.261 e. The third-order valence-corrected chi connectivity index (χ3v) is 6.46. The molecule has 3 heterocycles. The SMILES string of the molecule is Cc1nc2c(C)cccn2c(=O)c1Cc1nnc(SCC(=O)Nc2ccc(F)c(Cl)c2)n1C. The summed E-state index contributed by atoms with van der Waals surface area (Å²) in [5.74, 6) is -0.199. The average Bonchev–Trinajstić information content (AvgIpc) is 3.12. The van der Waals surface area contributed by atoms with Crippen LogP contribution < -0.4 is 10.9 Å². The van der Waals surface area contributed by atoms with E-state index in [1.807, 2.05) is 19.1 Å². The number of pyridine rings is 1. The molecule has 3 aromatic heterocycles. The van der Waals surface area contributed by atoms with E-state index in [1.165, 1.54) is 34.4 Å². The van der Waals surface area contributed by atoms with Gasteiger partial charge in [0.15, 0.2) is 5.16 Å². The number of amides is 1. The van der Waals surface area contributed by atoms with Gasteiger partial charge in [0, 0.05) is 36.6 Å². The van der Waals surface area contributed by atoms with Crippen LogP contribution in [-0.2, 0) is 18.3 Å². The van der Waals surface area contributed by atoms with Crippen molar-refractivity contribution in [2.45, 2.75) is 25.4 Å². The molecule has 0 aliphatic rings. The Hall–Kier alpha value is -3.24. The van der Waals surface area contributed by atoms with E-state index in [2.05, 4.69) is 20.5 Å². The lowest BCUT2D eigenvalue weighted by Gasteiger charge is -2.09. The highest BCUT2D eigenvalue weighted by molar-refractivity contribution is 7.99. The Morgan fingerprint density at radius 2 is 2.03 bits per heavy atom. The molecule has 0 radical (unpaired) electrons. The summed E-state index contributed by atoms with van der Waals surface area (Å²) in [6.45, 7) is 3.72. The minimum Gasteiger partial charge on any atom is -0.325 e. The molecule has 0 bridgehead atoms. The molecular weight excluding hydrogens is 467 g/mol. The predicted octanol–water partition coefficient (Wildman–Crippen LogP) is 3.55. The summed E-state index contributed by atoms with van der Waals surface area (Å²) in [6.07, 6.45) is 1.96. The van der Waals surface area contributed by atoms with Crippen molar-refractivity contribution in [1.82, 2.24) is 24.1 Å². The Morgan fingerprint density at radius 3 is 2.79 bits per heavy atom. The number of rotatable bonds is 6. The molecule has 170 valence electrons. The van der Waals surface area contributed by atoms with Gasteiger partial charge in [-0.05, 0) is 43.7 Å². The van der Waals surface area contributed by atoms with Crippen LogP contribution in [0.2, 0.25) is 5.02 Å². The quantitative estimate of drug-likeness (QED) is 0.419. The molecule has 8 nitrogen and oxygen atoms in total. The van der Waals surface area contributed by atoms with E-state index in [4.69, 9.17) is 11.6 Å². The van der Waals surface area contributed by atoms with Crippen molar-refractivity contribution in [3.63, 3.8) is 0 Å². The van der Waals surface area contributed by atoms with E-state index in [1.54, 1.807) is 24.7 Å². The molecule has 0 saturated heterocycles. The van der Waals surface area contributed by atoms with Gasteiger partial charge in [0.1, 0.15) is 17.3 Å². The standard InChI is InChI=1S/C22H20ClFN6O2S/c1-12-5-4-8-30-20(12)25-13(2)15(21(30)32)10-18-27-28-22(29(18)3)33-11-19(31)26-14-6-7-17(24)16(23)9-14/h4-9H,10-11H2,1-3H3,(H,26,31). The molecule has 1 aromatic carbocycles. The Kier molecular flexibility index (Phi) is 6.48. The van der Waals surface area contributed by atoms with Crippen molar-refractivity contribution in [3.05, 3.63) is 80.4 Å². The van der Waals surface area contributed by atoms with Crippen LogP contribution in [0.4, 0.5) is 10.1 Å². The minimum absolute atomic E-state index is 0.0667. The number of nitrogens with zero attached hydrogens (tertiary/aromatic N) is 5. The van der Waals surface area contributed by atoms with Gasteiger partial charge in [-0.1, -0.05) is 29.4 Å². The van der Waals surface area contributed by atoms with Crippen LogP contribution in [-0.4, -0.2) is 35.8 Å². The number of aryl methyl sites for hydroxylation is 2. The fraction of sp³-hybridized carbons (Fsp3) is 0.227. The predicted molar refractivity (Wildman–Crippen MR) is 126 cm³/mol. The third kappa shape index (κ3) is 4.76. The summed E-state index contributed by atoms with van der Waals surface area (Å²) < 4.78 is 16.5. The number of thioether (sulfide) groups is 1. The zero-order chi connectivity index (χ0) is 23.7. The van der Waals surface area contributed by atoms with Crippen molar-refractivity contribution in [2.24, 2.45) is 7.05 Å². The van der Waals surface area contributed by atoms with Crippen LogP contribution in [0.1, 0.15) is 22.6 Å². The van der Waals surface area contributed by atoms with Gasteiger partial charge in [-0.25, -0.2) is 9.37 Å². The van der Waals surface area contributed by atoms with Gasteiger partial charge in [-0.15, -0.1) is 10.2 Å². The minimum atomic E-state index is -0.553. The monoisotopic (exact) mass is 486 g/mol. The number of anilines is 1. The van der Waals surface area contributed by atoms with Crippen LogP contribution in [0.15, 0.2) is 46.5 Å². The summed E-state index contributed by atoms with van der Waals surface area (Å²) in [5, 5.41) is 11.5. The van der Waals surface area contributed by atoms with Crippen LogP contribution in [0.25, 0.3) is 5.65 Å². The van der Waals surface area contributed by atoms with Crippen LogP contribution >= 0.6 is 23.4 Å². The van der Waals surface area contributed by atoms with Gasteiger partial charge in [-0.3, -0.25) is 14.0 Å². The van der Waals surface area contributed by atoms with E-state index >= 15 is 0 Å². The molecular formula is C22H20ClFN6O2S. The molecule has 0 aliphatic heterocycles. The first kappa shape index (κ1) is 22.9. The molecule has 0 unspecified atom stereocenters. The van der Waals surface area contributed by atoms with Gasteiger partial charge in [0.05, 0.1) is 10.8 Å². The molecule has 33 heavy (non-hydrogen) atoms. The second-order valence-corrected chi connectivity index (χ2v) is 8.82. The Balaban J connectivity index is 1.48. The van der Waals surface area contributed by atoms with Crippen molar-refractivity contribution in [1.29, 1.82) is 0 Å². The number of fused-ring (bicyclic) bond motifs is 1. The molecule has 1 N–H and O–H groups in total. The first-order valence-corrected chi connectivity index (χ1v) is 11.3. The van der Waals surface area contributed by atoms with Gasteiger partial charge in [0.2, 0.25) is 5.91 Å². The summed E-state index contributed by atoms with van der Waals surface area (Å²) in [4.78, 5) is 29.9.